The molecule has 1 heterocycles. The molecule has 0 unspecified atom stereocenters. The van der Waals surface area contributed by atoms with E-state index in [0.717, 1.165) is 24.5 Å². The van der Waals surface area contributed by atoms with Gasteiger partial charge in [0, 0.05) is 17.1 Å². The van der Waals surface area contributed by atoms with Crippen LogP contribution in [0.4, 0.5) is 11.5 Å². The molecule has 0 saturated carbocycles. The highest BCUT2D eigenvalue weighted by atomic mass is 35.5. The van der Waals surface area contributed by atoms with Gasteiger partial charge in [-0.05, 0) is 60.5 Å². The van der Waals surface area contributed by atoms with Crippen LogP contribution in [0.2, 0.25) is 5.02 Å². The van der Waals surface area contributed by atoms with Crippen molar-refractivity contribution in [3.05, 3.63) is 83.0 Å². The molecular formula is C21H20ClN3O2. The zero-order valence-corrected chi connectivity index (χ0v) is 15.7. The number of nitrogens with one attached hydrogen (secondary N) is 2. The van der Waals surface area contributed by atoms with Crippen LogP contribution < -0.4 is 15.4 Å². The molecule has 0 fully saturated rings. The van der Waals surface area contributed by atoms with Crippen LogP contribution in [0.1, 0.15) is 15.9 Å². The van der Waals surface area contributed by atoms with E-state index < -0.39 is 0 Å². The largest absolute Gasteiger partial charge is 0.497 e. The topological polar surface area (TPSA) is 63.2 Å². The summed E-state index contributed by atoms with van der Waals surface area (Å²) in [4.78, 5) is 16.5. The van der Waals surface area contributed by atoms with Crippen molar-refractivity contribution in [2.24, 2.45) is 0 Å². The minimum absolute atomic E-state index is 0.202. The highest BCUT2D eigenvalue weighted by Gasteiger charge is 2.06. The second-order valence-electron chi connectivity index (χ2n) is 5.92. The summed E-state index contributed by atoms with van der Waals surface area (Å²) < 4.78 is 5.23. The molecule has 0 aliphatic carbocycles. The third-order valence-corrected chi connectivity index (χ3v) is 4.23. The number of aromatic nitrogens is 1. The van der Waals surface area contributed by atoms with E-state index in [0.29, 0.717) is 16.3 Å². The van der Waals surface area contributed by atoms with E-state index in [4.69, 9.17) is 16.3 Å². The van der Waals surface area contributed by atoms with E-state index in [1.54, 1.807) is 37.6 Å². The summed E-state index contributed by atoms with van der Waals surface area (Å²) in [5.74, 6) is 1.40. The predicted molar refractivity (Wildman–Crippen MR) is 109 cm³/mol. The van der Waals surface area contributed by atoms with Gasteiger partial charge in [-0.2, -0.15) is 0 Å². The van der Waals surface area contributed by atoms with Crippen molar-refractivity contribution in [1.82, 2.24) is 4.98 Å². The first-order chi connectivity index (χ1) is 13.1. The standard InChI is InChI=1S/C21H20ClN3O2/c1-27-19-4-2-3-15(13-19)11-12-23-20-10-9-18(14-24-20)25-21(26)16-5-7-17(22)8-6-16/h2-10,13-14H,11-12H2,1H3,(H,23,24)(H,25,26). The molecule has 1 amide bonds. The number of halogens is 1. The summed E-state index contributed by atoms with van der Waals surface area (Å²) >= 11 is 5.83. The first kappa shape index (κ1) is 18.7. The van der Waals surface area contributed by atoms with E-state index in [9.17, 15) is 4.79 Å². The Bertz CT molecular complexity index is 896. The Balaban J connectivity index is 1.51. The maximum atomic E-state index is 12.2. The Morgan fingerprint density at radius 2 is 1.93 bits per heavy atom. The lowest BCUT2D eigenvalue weighted by atomic mass is 10.1. The number of nitrogens with zero attached hydrogens (tertiary/aromatic N) is 1. The SMILES string of the molecule is COc1cccc(CCNc2ccc(NC(=O)c3ccc(Cl)cc3)cn2)c1. The minimum Gasteiger partial charge on any atom is -0.497 e. The van der Waals surface area contributed by atoms with Gasteiger partial charge < -0.3 is 15.4 Å². The average Bonchev–Trinajstić information content (AvgIpc) is 2.70. The van der Waals surface area contributed by atoms with Crippen molar-refractivity contribution >= 4 is 29.0 Å². The fourth-order valence-electron chi connectivity index (χ4n) is 2.54. The third kappa shape index (κ3) is 5.46. The number of pyridine rings is 1. The highest BCUT2D eigenvalue weighted by molar-refractivity contribution is 6.30. The van der Waals surface area contributed by atoms with E-state index in [-0.39, 0.29) is 5.91 Å². The summed E-state index contributed by atoms with van der Waals surface area (Å²) in [7, 11) is 1.66. The fraction of sp³-hybridized carbons (Fsp3) is 0.143. The molecule has 3 rings (SSSR count). The number of amides is 1. The number of carbonyl (C=O) groups excluding carboxylic acids is 1. The van der Waals surface area contributed by atoms with Crippen LogP contribution in [-0.4, -0.2) is 24.5 Å². The van der Waals surface area contributed by atoms with Crippen molar-refractivity contribution in [3.8, 4) is 5.75 Å². The Labute approximate surface area is 163 Å². The molecule has 0 atom stereocenters. The van der Waals surface area contributed by atoms with Crippen molar-refractivity contribution in [2.45, 2.75) is 6.42 Å². The second-order valence-corrected chi connectivity index (χ2v) is 6.36. The van der Waals surface area contributed by atoms with Gasteiger partial charge in [0.25, 0.3) is 5.91 Å². The Hall–Kier alpha value is -3.05. The molecule has 2 aromatic carbocycles. The Morgan fingerprint density at radius 3 is 2.63 bits per heavy atom. The summed E-state index contributed by atoms with van der Waals surface area (Å²) in [6.07, 6.45) is 2.48. The van der Waals surface area contributed by atoms with Crippen LogP contribution in [0, 0.1) is 0 Å². The Morgan fingerprint density at radius 1 is 1.11 bits per heavy atom. The van der Waals surface area contributed by atoms with E-state index in [1.807, 2.05) is 30.3 Å². The van der Waals surface area contributed by atoms with Gasteiger partial charge in [0.2, 0.25) is 0 Å². The number of ether oxygens (including phenoxy) is 1. The number of carbonyl (C=O) groups is 1. The minimum atomic E-state index is -0.202. The molecule has 0 radical (unpaired) electrons. The van der Waals surface area contributed by atoms with Crippen LogP contribution in [-0.2, 0) is 6.42 Å². The molecule has 3 aromatic rings. The highest BCUT2D eigenvalue weighted by Crippen LogP contribution is 2.15. The molecule has 5 nitrogen and oxygen atoms in total. The maximum Gasteiger partial charge on any atom is 0.255 e. The quantitative estimate of drug-likeness (QED) is 0.625. The van der Waals surface area contributed by atoms with Gasteiger partial charge in [-0.25, -0.2) is 4.98 Å². The second kappa shape index (κ2) is 9.05. The molecule has 1 aromatic heterocycles. The molecule has 27 heavy (non-hydrogen) atoms. The molecule has 0 aliphatic heterocycles. The maximum absolute atomic E-state index is 12.2. The number of hydrogen-bond donors (Lipinski definition) is 2. The van der Waals surface area contributed by atoms with Gasteiger partial charge in [0.15, 0.2) is 0 Å². The number of methoxy groups -OCH3 is 1. The fourth-order valence-corrected chi connectivity index (χ4v) is 2.67. The third-order valence-electron chi connectivity index (χ3n) is 3.98. The van der Waals surface area contributed by atoms with Crippen LogP contribution in [0.15, 0.2) is 66.9 Å². The molecule has 6 heteroatoms. The van der Waals surface area contributed by atoms with E-state index >= 15 is 0 Å². The number of anilines is 2. The van der Waals surface area contributed by atoms with Crippen LogP contribution in [0.25, 0.3) is 0 Å². The lowest BCUT2D eigenvalue weighted by molar-refractivity contribution is 0.102. The summed E-state index contributed by atoms with van der Waals surface area (Å²) in [5.41, 5.74) is 2.36. The lowest BCUT2D eigenvalue weighted by Gasteiger charge is -2.09. The molecule has 0 bridgehead atoms. The number of rotatable bonds is 7. The van der Waals surface area contributed by atoms with Crippen molar-refractivity contribution < 1.29 is 9.53 Å². The summed E-state index contributed by atoms with van der Waals surface area (Å²) in [6.45, 7) is 0.747. The van der Waals surface area contributed by atoms with Gasteiger partial charge in [-0.1, -0.05) is 23.7 Å². The predicted octanol–water partition coefficient (Wildman–Crippen LogP) is 4.65. The van der Waals surface area contributed by atoms with E-state index in [1.165, 1.54) is 5.56 Å². The Kier molecular flexibility index (Phi) is 6.28. The number of benzene rings is 2. The van der Waals surface area contributed by atoms with Crippen LogP contribution in [0.5, 0.6) is 5.75 Å². The average molecular weight is 382 g/mol. The van der Waals surface area contributed by atoms with Gasteiger partial charge in [0.1, 0.15) is 11.6 Å². The molecule has 2 N–H and O–H groups in total. The van der Waals surface area contributed by atoms with Crippen LogP contribution >= 0.6 is 11.6 Å². The van der Waals surface area contributed by atoms with Crippen molar-refractivity contribution in [2.75, 3.05) is 24.3 Å². The zero-order chi connectivity index (χ0) is 19.1. The first-order valence-corrected chi connectivity index (χ1v) is 8.91. The van der Waals surface area contributed by atoms with Crippen molar-refractivity contribution in [1.29, 1.82) is 0 Å². The van der Waals surface area contributed by atoms with Crippen LogP contribution in [0.3, 0.4) is 0 Å². The van der Waals surface area contributed by atoms with Gasteiger partial charge >= 0.3 is 0 Å². The molecule has 0 aliphatic rings. The lowest BCUT2D eigenvalue weighted by Crippen LogP contribution is -2.12. The first-order valence-electron chi connectivity index (χ1n) is 8.54. The number of hydrogen-bond acceptors (Lipinski definition) is 4. The molecule has 138 valence electrons. The normalized spacial score (nSPS) is 10.3. The summed E-state index contributed by atoms with van der Waals surface area (Å²) in [6, 6.07) is 18.4. The van der Waals surface area contributed by atoms with E-state index in [2.05, 4.69) is 21.7 Å². The zero-order valence-electron chi connectivity index (χ0n) is 14.9. The molecular weight excluding hydrogens is 362 g/mol. The molecule has 0 spiro atoms. The van der Waals surface area contributed by atoms with Crippen molar-refractivity contribution in [3.63, 3.8) is 0 Å². The monoisotopic (exact) mass is 381 g/mol. The van der Waals surface area contributed by atoms with Gasteiger partial charge in [0.05, 0.1) is 19.0 Å². The van der Waals surface area contributed by atoms with Gasteiger partial charge in [-0.15, -0.1) is 0 Å². The summed E-state index contributed by atoms with van der Waals surface area (Å²) in [5, 5.41) is 6.68. The van der Waals surface area contributed by atoms with Gasteiger partial charge in [-0.3, -0.25) is 4.79 Å². The smallest absolute Gasteiger partial charge is 0.255 e. The molecule has 0 saturated heterocycles.